The summed E-state index contributed by atoms with van der Waals surface area (Å²) >= 11 is 0. The first-order valence-corrected chi connectivity index (χ1v) is 5.98. The first kappa shape index (κ1) is 15.9. The first-order valence-electron chi connectivity index (χ1n) is 5.98. The maximum atomic E-state index is 13.5. The highest BCUT2D eigenvalue weighted by atomic mass is 35.5. The van der Waals surface area contributed by atoms with Gasteiger partial charge in [0.25, 0.3) is 5.91 Å². The molecule has 1 heterocycles. The van der Waals surface area contributed by atoms with Crippen LogP contribution < -0.4 is 10.6 Å². The van der Waals surface area contributed by atoms with Crippen LogP contribution in [0.25, 0.3) is 0 Å². The Morgan fingerprint density at radius 3 is 2.58 bits per heavy atom. The molecule has 0 atom stereocenters. The molecule has 1 fully saturated rings. The van der Waals surface area contributed by atoms with E-state index in [2.05, 4.69) is 10.6 Å². The van der Waals surface area contributed by atoms with E-state index in [0.717, 1.165) is 44.1 Å². The fourth-order valence-corrected chi connectivity index (χ4v) is 2.12. The molecule has 0 aromatic heterocycles. The van der Waals surface area contributed by atoms with Crippen LogP contribution >= 0.6 is 12.4 Å². The number of hydrogen-bond acceptors (Lipinski definition) is 2. The number of nitrogens with one attached hydrogen (secondary N) is 2. The van der Waals surface area contributed by atoms with Crippen molar-refractivity contribution in [1.29, 1.82) is 0 Å². The van der Waals surface area contributed by atoms with E-state index in [4.69, 9.17) is 0 Å². The normalized spacial score (nSPS) is 17.4. The van der Waals surface area contributed by atoms with Gasteiger partial charge in [-0.2, -0.15) is 0 Å². The largest absolute Gasteiger partial charge is 0.347 e. The van der Waals surface area contributed by atoms with Crippen LogP contribution in [0.3, 0.4) is 0 Å². The molecule has 2 rings (SSSR count). The van der Waals surface area contributed by atoms with E-state index in [9.17, 15) is 13.6 Å². The number of benzene rings is 1. The van der Waals surface area contributed by atoms with E-state index in [0.29, 0.717) is 0 Å². The maximum Gasteiger partial charge on any atom is 0.254 e. The third-order valence-corrected chi connectivity index (χ3v) is 3.30. The molecule has 3 nitrogen and oxygen atoms in total. The average molecular weight is 291 g/mol. The molecule has 6 heteroatoms. The second-order valence-corrected chi connectivity index (χ2v) is 4.89. The Morgan fingerprint density at radius 2 is 1.95 bits per heavy atom. The Balaban J connectivity index is 0.00000180. The highest BCUT2D eigenvalue weighted by molar-refractivity contribution is 5.95. The fraction of sp³-hybridized carbons (Fsp3) is 0.462. The van der Waals surface area contributed by atoms with Gasteiger partial charge in [0.2, 0.25) is 0 Å². The fourth-order valence-electron chi connectivity index (χ4n) is 2.12. The first-order chi connectivity index (χ1) is 8.50. The zero-order valence-electron chi connectivity index (χ0n) is 10.6. The molecule has 0 aliphatic carbocycles. The van der Waals surface area contributed by atoms with Gasteiger partial charge in [-0.15, -0.1) is 12.4 Å². The molecule has 0 radical (unpaired) electrons. The summed E-state index contributed by atoms with van der Waals surface area (Å²) in [6.07, 6.45) is 1.55. The zero-order valence-corrected chi connectivity index (χ0v) is 11.4. The minimum Gasteiger partial charge on any atom is -0.347 e. The molecule has 19 heavy (non-hydrogen) atoms. The van der Waals surface area contributed by atoms with Gasteiger partial charge in [-0.3, -0.25) is 4.79 Å². The Bertz CT molecular complexity index is 462. The number of hydrogen-bond donors (Lipinski definition) is 2. The molecule has 1 aromatic carbocycles. The maximum absolute atomic E-state index is 13.5. The predicted molar refractivity (Wildman–Crippen MR) is 71.6 cm³/mol. The SMILES string of the molecule is CC1(NC(=O)c2cc(F)ccc2F)CCNCC1.Cl. The van der Waals surface area contributed by atoms with Crippen molar-refractivity contribution in [3.05, 3.63) is 35.4 Å². The summed E-state index contributed by atoms with van der Waals surface area (Å²) in [4.78, 5) is 12.0. The van der Waals surface area contributed by atoms with E-state index in [1.54, 1.807) is 0 Å². The van der Waals surface area contributed by atoms with Crippen LogP contribution in [0.4, 0.5) is 8.78 Å². The predicted octanol–water partition coefficient (Wildman–Crippen LogP) is 2.26. The van der Waals surface area contributed by atoms with Crippen molar-refractivity contribution >= 4 is 18.3 Å². The molecule has 1 aliphatic heterocycles. The van der Waals surface area contributed by atoms with Crippen molar-refractivity contribution in [1.82, 2.24) is 10.6 Å². The van der Waals surface area contributed by atoms with Crippen LogP contribution in [0.1, 0.15) is 30.1 Å². The van der Waals surface area contributed by atoms with E-state index in [1.807, 2.05) is 6.92 Å². The van der Waals surface area contributed by atoms with E-state index < -0.39 is 17.5 Å². The lowest BCUT2D eigenvalue weighted by Crippen LogP contribution is -2.52. The minimum atomic E-state index is -0.702. The van der Waals surface area contributed by atoms with Gasteiger partial charge in [0.15, 0.2) is 0 Å². The molecule has 2 N–H and O–H groups in total. The van der Waals surface area contributed by atoms with Crippen molar-refractivity contribution in [2.45, 2.75) is 25.3 Å². The molecule has 0 unspecified atom stereocenters. The van der Waals surface area contributed by atoms with E-state index >= 15 is 0 Å². The molecule has 106 valence electrons. The van der Waals surface area contributed by atoms with Gasteiger partial charge in [-0.1, -0.05) is 0 Å². The summed E-state index contributed by atoms with van der Waals surface area (Å²) in [5.74, 6) is -1.88. The van der Waals surface area contributed by atoms with E-state index in [-0.39, 0.29) is 23.5 Å². The Labute approximate surface area is 117 Å². The lowest BCUT2D eigenvalue weighted by atomic mass is 9.90. The summed E-state index contributed by atoms with van der Waals surface area (Å²) in [7, 11) is 0. The second-order valence-electron chi connectivity index (χ2n) is 4.89. The average Bonchev–Trinajstić information content (AvgIpc) is 2.32. The lowest BCUT2D eigenvalue weighted by molar-refractivity contribution is 0.0883. The Kier molecular flexibility index (Phi) is 5.26. The van der Waals surface area contributed by atoms with Crippen LogP contribution in [0.15, 0.2) is 18.2 Å². The van der Waals surface area contributed by atoms with Crippen LogP contribution in [-0.2, 0) is 0 Å². The van der Waals surface area contributed by atoms with Gasteiger partial charge >= 0.3 is 0 Å². The number of carbonyl (C=O) groups is 1. The molecular weight excluding hydrogens is 274 g/mol. The molecule has 1 saturated heterocycles. The van der Waals surface area contributed by atoms with Crippen molar-refractivity contribution in [2.75, 3.05) is 13.1 Å². The highest BCUT2D eigenvalue weighted by Gasteiger charge is 2.29. The highest BCUT2D eigenvalue weighted by Crippen LogP contribution is 2.19. The molecular formula is C13H17ClF2N2O. The van der Waals surface area contributed by atoms with Gasteiger partial charge in [-0.25, -0.2) is 8.78 Å². The second kappa shape index (κ2) is 6.30. The Morgan fingerprint density at radius 1 is 1.32 bits per heavy atom. The molecule has 1 amide bonds. The number of halogens is 3. The smallest absolute Gasteiger partial charge is 0.254 e. The summed E-state index contributed by atoms with van der Waals surface area (Å²) in [5, 5.41) is 5.98. The lowest BCUT2D eigenvalue weighted by Gasteiger charge is -2.35. The van der Waals surface area contributed by atoms with Gasteiger partial charge in [0.05, 0.1) is 5.56 Å². The molecule has 0 saturated carbocycles. The zero-order chi connectivity index (χ0) is 13.2. The number of rotatable bonds is 2. The number of carbonyl (C=O) groups excluding carboxylic acids is 1. The van der Waals surface area contributed by atoms with Crippen molar-refractivity contribution in [3.8, 4) is 0 Å². The minimum absolute atomic E-state index is 0. The van der Waals surface area contributed by atoms with Gasteiger partial charge < -0.3 is 10.6 Å². The van der Waals surface area contributed by atoms with Crippen molar-refractivity contribution < 1.29 is 13.6 Å². The molecule has 0 spiro atoms. The molecule has 1 aliphatic rings. The summed E-state index contributed by atoms with van der Waals surface area (Å²) in [6, 6.07) is 2.89. The Hall–Kier alpha value is -1.20. The quantitative estimate of drug-likeness (QED) is 0.877. The number of piperidine rings is 1. The third-order valence-electron chi connectivity index (χ3n) is 3.30. The summed E-state index contributed by atoms with van der Waals surface area (Å²) < 4.78 is 26.5. The van der Waals surface area contributed by atoms with Crippen LogP contribution in [0.5, 0.6) is 0 Å². The van der Waals surface area contributed by atoms with Gasteiger partial charge in [-0.05, 0) is 51.1 Å². The van der Waals surface area contributed by atoms with Crippen LogP contribution in [0, 0.1) is 11.6 Å². The molecule has 1 aromatic rings. The van der Waals surface area contributed by atoms with Crippen LogP contribution in [0.2, 0.25) is 0 Å². The summed E-state index contributed by atoms with van der Waals surface area (Å²) in [5.41, 5.74) is -0.601. The van der Waals surface area contributed by atoms with E-state index in [1.165, 1.54) is 0 Å². The third kappa shape index (κ3) is 3.88. The van der Waals surface area contributed by atoms with Crippen LogP contribution in [-0.4, -0.2) is 24.5 Å². The monoisotopic (exact) mass is 290 g/mol. The van der Waals surface area contributed by atoms with Crippen molar-refractivity contribution in [2.24, 2.45) is 0 Å². The van der Waals surface area contributed by atoms with Gasteiger partial charge in [0.1, 0.15) is 11.6 Å². The standard InChI is InChI=1S/C13H16F2N2O.ClH/c1-13(4-6-16-7-5-13)17-12(18)10-8-9(14)2-3-11(10)15;/h2-3,8,16H,4-7H2,1H3,(H,17,18);1H. The van der Waals surface area contributed by atoms with Gasteiger partial charge in [0, 0.05) is 5.54 Å². The van der Waals surface area contributed by atoms with Crippen molar-refractivity contribution in [3.63, 3.8) is 0 Å². The number of amides is 1. The topological polar surface area (TPSA) is 41.1 Å². The molecule has 0 bridgehead atoms. The summed E-state index contributed by atoms with van der Waals surface area (Å²) in [6.45, 7) is 3.54.